The van der Waals surface area contributed by atoms with E-state index in [0.29, 0.717) is 0 Å². The van der Waals surface area contributed by atoms with Crippen LogP contribution in [0.2, 0.25) is 0 Å². The number of aliphatic hydroxyl groups excluding tert-OH is 1. The second-order valence-corrected chi connectivity index (χ2v) is 5.95. The molecule has 3 aromatic heterocycles. The second kappa shape index (κ2) is 5.23. The topological polar surface area (TPSA) is 67.4 Å². The minimum absolute atomic E-state index is 0.0101. The zero-order valence-corrected chi connectivity index (χ0v) is 12.4. The molecule has 1 aliphatic rings. The highest BCUT2D eigenvalue weighted by atomic mass is 16.3. The van der Waals surface area contributed by atoms with E-state index in [1.807, 2.05) is 29.2 Å². The minimum Gasteiger partial charge on any atom is -0.391 e. The molecule has 4 rings (SSSR count). The maximum atomic E-state index is 10.00. The van der Waals surface area contributed by atoms with Crippen molar-refractivity contribution in [2.75, 3.05) is 0 Å². The molecule has 1 fully saturated rings. The molecule has 0 saturated heterocycles. The molecule has 3 heterocycles. The summed E-state index contributed by atoms with van der Waals surface area (Å²) in [5.74, 6) is 0. The summed E-state index contributed by atoms with van der Waals surface area (Å²) in [6.07, 6.45) is 8.07. The molecule has 0 aromatic carbocycles. The largest absolute Gasteiger partial charge is 0.391 e. The highest BCUT2D eigenvalue weighted by Gasteiger charge is 2.41. The molecule has 0 unspecified atom stereocenters. The molecule has 0 spiro atoms. The summed E-state index contributed by atoms with van der Waals surface area (Å²) in [6.45, 7) is 2.80. The number of imidazole rings is 1. The number of rotatable bonds is 4. The van der Waals surface area contributed by atoms with Crippen molar-refractivity contribution in [3.8, 4) is 0 Å². The van der Waals surface area contributed by atoms with Gasteiger partial charge >= 0.3 is 0 Å². The number of hydrogen-bond donors (Lipinski definition) is 2. The van der Waals surface area contributed by atoms with Gasteiger partial charge in [-0.05, 0) is 31.0 Å². The van der Waals surface area contributed by atoms with Crippen LogP contribution in [-0.4, -0.2) is 36.4 Å². The average molecular weight is 297 g/mol. The number of pyridine rings is 1. The van der Waals surface area contributed by atoms with Crippen molar-refractivity contribution >= 4 is 5.65 Å². The van der Waals surface area contributed by atoms with Gasteiger partial charge in [-0.1, -0.05) is 6.07 Å². The fourth-order valence-corrected chi connectivity index (χ4v) is 3.14. The molecule has 22 heavy (non-hydrogen) atoms. The van der Waals surface area contributed by atoms with Crippen molar-refractivity contribution in [1.29, 1.82) is 0 Å². The van der Waals surface area contributed by atoms with Gasteiger partial charge in [-0.15, -0.1) is 0 Å². The first-order chi connectivity index (χ1) is 10.7. The molecule has 0 amide bonds. The summed E-state index contributed by atoms with van der Waals surface area (Å²) in [6, 6.07) is 6.21. The van der Waals surface area contributed by atoms with Gasteiger partial charge in [0.1, 0.15) is 5.65 Å². The van der Waals surface area contributed by atoms with Crippen LogP contribution in [0.15, 0.2) is 43.0 Å². The highest BCUT2D eigenvalue weighted by molar-refractivity contribution is 5.41. The Morgan fingerprint density at radius 2 is 2.32 bits per heavy atom. The smallest absolute Gasteiger partial charge is 0.136 e. The number of aryl methyl sites for hydroxylation is 1. The van der Waals surface area contributed by atoms with Gasteiger partial charge in [0.2, 0.25) is 0 Å². The summed E-state index contributed by atoms with van der Waals surface area (Å²) in [7, 11) is 0. The van der Waals surface area contributed by atoms with E-state index in [-0.39, 0.29) is 18.2 Å². The molecule has 1 saturated carbocycles. The quantitative estimate of drug-likeness (QED) is 0.762. The predicted octanol–water partition coefficient (Wildman–Crippen LogP) is 1.30. The van der Waals surface area contributed by atoms with Crippen LogP contribution >= 0.6 is 0 Å². The van der Waals surface area contributed by atoms with Crippen LogP contribution in [0.1, 0.15) is 23.7 Å². The van der Waals surface area contributed by atoms with E-state index < -0.39 is 0 Å². The van der Waals surface area contributed by atoms with Crippen molar-refractivity contribution in [2.45, 2.75) is 38.1 Å². The normalized spacial score (nSPS) is 24.5. The molecular weight excluding hydrogens is 278 g/mol. The lowest BCUT2D eigenvalue weighted by Gasteiger charge is -2.42. The lowest BCUT2D eigenvalue weighted by molar-refractivity contribution is -0.00834. The zero-order valence-electron chi connectivity index (χ0n) is 12.4. The first kappa shape index (κ1) is 13.5. The second-order valence-electron chi connectivity index (χ2n) is 5.95. The maximum Gasteiger partial charge on any atom is 0.136 e. The van der Waals surface area contributed by atoms with E-state index in [2.05, 4.69) is 39.0 Å². The molecule has 3 atom stereocenters. The van der Waals surface area contributed by atoms with Crippen molar-refractivity contribution in [3.63, 3.8) is 0 Å². The molecule has 3 aromatic rings. The Morgan fingerprint density at radius 1 is 1.41 bits per heavy atom. The van der Waals surface area contributed by atoms with Gasteiger partial charge in [-0.2, -0.15) is 5.10 Å². The van der Waals surface area contributed by atoms with Crippen LogP contribution in [0.3, 0.4) is 0 Å². The predicted molar refractivity (Wildman–Crippen MR) is 82.4 cm³/mol. The van der Waals surface area contributed by atoms with E-state index in [1.165, 1.54) is 5.56 Å². The summed E-state index contributed by atoms with van der Waals surface area (Å²) in [4.78, 5) is 4.42. The summed E-state index contributed by atoms with van der Waals surface area (Å²) in [5.41, 5.74) is 3.29. The summed E-state index contributed by atoms with van der Waals surface area (Å²) >= 11 is 0. The Morgan fingerprint density at radius 3 is 3.09 bits per heavy atom. The third-order valence-electron chi connectivity index (χ3n) is 4.41. The van der Waals surface area contributed by atoms with Crippen LogP contribution in [-0.2, 0) is 6.54 Å². The maximum absolute atomic E-state index is 10.00. The Bertz CT molecular complexity index is 779. The van der Waals surface area contributed by atoms with Gasteiger partial charge in [0.25, 0.3) is 0 Å². The van der Waals surface area contributed by atoms with Gasteiger partial charge < -0.3 is 14.8 Å². The number of hydrogen-bond acceptors (Lipinski definition) is 4. The van der Waals surface area contributed by atoms with Crippen LogP contribution in [0, 0.1) is 6.92 Å². The molecular formula is C16H19N5O. The standard InChI is InChI=1S/C16H19N5O/c1-11-3-4-15-18-9-12(20(15)10-11)8-17-13-7-14(22)16(13)21-6-2-5-19-21/h2-6,9-10,13-14,16-17,22H,7-8H2,1H3/t13-,14+,16+/m0/s1. The third-order valence-corrected chi connectivity index (χ3v) is 4.41. The van der Waals surface area contributed by atoms with E-state index in [9.17, 15) is 5.11 Å². The van der Waals surface area contributed by atoms with Gasteiger partial charge in [0.05, 0.1) is 24.0 Å². The van der Waals surface area contributed by atoms with Crippen LogP contribution in [0.25, 0.3) is 5.65 Å². The van der Waals surface area contributed by atoms with Crippen LogP contribution < -0.4 is 5.32 Å². The Kier molecular flexibility index (Phi) is 3.20. The lowest BCUT2D eigenvalue weighted by Crippen LogP contribution is -2.54. The van der Waals surface area contributed by atoms with Gasteiger partial charge in [0, 0.05) is 31.2 Å². The van der Waals surface area contributed by atoms with Gasteiger partial charge in [0.15, 0.2) is 0 Å². The zero-order chi connectivity index (χ0) is 15.1. The number of aliphatic hydroxyl groups is 1. The Hall–Kier alpha value is -2.18. The summed E-state index contributed by atoms with van der Waals surface area (Å²) in [5, 5.41) is 17.8. The van der Waals surface area contributed by atoms with Crippen LogP contribution in [0.4, 0.5) is 0 Å². The van der Waals surface area contributed by atoms with Gasteiger partial charge in [-0.3, -0.25) is 4.68 Å². The molecule has 114 valence electrons. The Labute approximate surface area is 128 Å². The lowest BCUT2D eigenvalue weighted by atomic mass is 9.83. The average Bonchev–Trinajstić information content (AvgIpc) is 3.13. The third kappa shape index (κ3) is 2.20. The monoisotopic (exact) mass is 297 g/mol. The molecule has 6 heteroatoms. The van der Waals surface area contributed by atoms with Gasteiger partial charge in [-0.25, -0.2) is 4.98 Å². The van der Waals surface area contributed by atoms with E-state index in [4.69, 9.17) is 0 Å². The molecule has 0 aliphatic heterocycles. The van der Waals surface area contributed by atoms with Crippen molar-refractivity contribution in [2.24, 2.45) is 0 Å². The SMILES string of the molecule is Cc1ccc2ncc(CN[C@H]3C[C@@H](O)[C@@H]3n3cccn3)n2c1. The molecule has 6 nitrogen and oxygen atoms in total. The highest BCUT2D eigenvalue weighted by Crippen LogP contribution is 2.32. The van der Waals surface area contributed by atoms with Crippen LogP contribution in [0.5, 0.6) is 0 Å². The molecule has 0 radical (unpaired) electrons. The molecule has 0 bridgehead atoms. The fourth-order valence-electron chi connectivity index (χ4n) is 3.14. The van der Waals surface area contributed by atoms with Crippen molar-refractivity contribution in [3.05, 3.63) is 54.2 Å². The molecule has 2 N–H and O–H groups in total. The number of nitrogens with one attached hydrogen (secondary N) is 1. The van der Waals surface area contributed by atoms with Crippen molar-refractivity contribution in [1.82, 2.24) is 24.5 Å². The van der Waals surface area contributed by atoms with E-state index >= 15 is 0 Å². The summed E-state index contributed by atoms with van der Waals surface area (Å²) < 4.78 is 3.95. The number of nitrogens with zero attached hydrogens (tertiary/aromatic N) is 4. The van der Waals surface area contributed by atoms with E-state index in [1.54, 1.807) is 6.20 Å². The fraction of sp³-hybridized carbons (Fsp3) is 0.375. The molecule has 1 aliphatic carbocycles. The number of fused-ring (bicyclic) bond motifs is 1. The first-order valence-electron chi connectivity index (χ1n) is 7.55. The van der Waals surface area contributed by atoms with Crippen molar-refractivity contribution < 1.29 is 5.11 Å². The van der Waals surface area contributed by atoms with E-state index in [0.717, 1.165) is 24.3 Å². The number of aromatic nitrogens is 4. The Balaban J connectivity index is 1.49. The first-order valence-corrected chi connectivity index (χ1v) is 7.55. The minimum atomic E-state index is -0.332.